The first-order chi connectivity index (χ1) is 14.2. The van der Waals surface area contributed by atoms with E-state index in [-0.39, 0.29) is 17.9 Å². The maximum Gasteiger partial charge on any atom is 0.266 e. The molecule has 0 bridgehead atoms. The molecule has 0 radical (unpaired) electrons. The van der Waals surface area contributed by atoms with Crippen molar-refractivity contribution < 1.29 is 9.18 Å². The maximum atomic E-state index is 14.6. The summed E-state index contributed by atoms with van der Waals surface area (Å²) >= 11 is 0. The smallest absolute Gasteiger partial charge is 0.266 e. The van der Waals surface area contributed by atoms with E-state index in [4.69, 9.17) is 0 Å². The van der Waals surface area contributed by atoms with Crippen molar-refractivity contribution in [2.75, 3.05) is 5.32 Å². The van der Waals surface area contributed by atoms with Gasteiger partial charge in [0, 0.05) is 34.4 Å². The number of aromatic amines is 1. The molecule has 4 aromatic rings. The Morgan fingerprint density at radius 1 is 1.17 bits per heavy atom. The van der Waals surface area contributed by atoms with Crippen LogP contribution in [0, 0.1) is 33.5 Å². The van der Waals surface area contributed by atoms with Crippen molar-refractivity contribution in [1.82, 2.24) is 24.4 Å². The van der Waals surface area contributed by atoms with Gasteiger partial charge in [-0.3, -0.25) is 14.7 Å². The van der Waals surface area contributed by atoms with Gasteiger partial charge < -0.3 is 5.32 Å². The first-order valence-electron chi connectivity index (χ1n) is 9.44. The number of aryl methyl sites for hydroxylation is 4. The second-order valence-corrected chi connectivity index (χ2v) is 7.31. The number of anilines is 1. The molecule has 0 saturated heterocycles. The van der Waals surface area contributed by atoms with Crippen molar-refractivity contribution in [3.05, 3.63) is 74.8 Å². The lowest BCUT2D eigenvalue weighted by atomic mass is 10.1. The monoisotopic (exact) mass is 408 g/mol. The lowest BCUT2D eigenvalue weighted by Gasteiger charge is -2.12. The van der Waals surface area contributed by atoms with Crippen LogP contribution in [0.25, 0.3) is 11.3 Å². The summed E-state index contributed by atoms with van der Waals surface area (Å²) in [6, 6.07) is 7.75. The molecule has 3 aromatic heterocycles. The largest absolute Gasteiger partial charge is 0.326 e. The van der Waals surface area contributed by atoms with Gasteiger partial charge in [-0.1, -0.05) is 0 Å². The summed E-state index contributed by atoms with van der Waals surface area (Å²) in [7, 11) is 0. The quantitative estimate of drug-likeness (QED) is 0.543. The highest BCUT2D eigenvalue weighted by Gasteiger charge is 2.15. The van der Waals surface area contributed by atoms with Gasteiger partial charge in [0.15, 0.2) is 11.5 Å². The van der Waals surface area contributed by atoms with E-state index in [0.29, 0.717) is 28.3 Å². The van der Waals surface area contributed by atoms with Gasteiger partial charge >= 0.3 is 0 Å². The Hall–Kier alpha value is -3.75. The number of hydrogen-bond donors (Lipinski definition) is 2. The molecule has 0 fully saturated rings. The maximum absolute atomic E-state index is 14.6. The molecule has 1 aromatic carbocycles. The number of nitrogens with one attached hydrogen (secondary N) is 2. The van der Waals surface area contributed by atoms with Crippen molar-refractivity contribution in [2.45, 2.75) is 34.1 Å². The van der Waals surface area contributed by atoms with Crippen LogP contribution >= 0.6 is 0 Å². The topological polar surface area (TPSA) is 97.1 Å². The first-order valence-corrected chi connectivity index (χ1v) is 9.44. The second kappa shape index (κ2) is 7.25. The minimum atomic E-state index is -0.487. The van der Waals surface area contributed by atoms with E-state index in [1.54, 1.807) is 23.6 Å². The summed E-state index contributed by atoms with van der Waals surface area (Å²) in [4.78, 5) is 28.5. The molecule has 0 aliphatic carbocycles. The summed E-state index contributed by atoms with van der Waals surface area (Å²) < 4.78 is 17.7. The molecule has 0 unspecified atom stereocenters. The Bertz CT molecular complexity index is 1350. The zero-order valence-corrected chi connectivity index (χ0v) is 17.1. The second-order valence-electron chi connectivity index (χ2n) is 7.31. The minimum absolute atomic E-state index is 0.0433. The predicted octanol–water partition coefficient (Wildman–Crippen LogP) is 2.76. The highest BCUT2D eigenvalue weighted by molar-refractivity contribution is 5.92. The van der Waals surface area contributed by atoms with Gasteiger partial charge in [-0.05, 0) is 52.0 Å². The molecular weight excluding hydrogens is 387 g/mol. The number of aromatic nitrogens is 5. The van der Waals surface area contributed by atoms with Crippen LogP contribution in [-0.2, 0) is 11.2 Å². The Kier molecular flexibility index (Phi) is 4.73. The zero-order chi connectivity index (χ0) is 21.6. The van der Waals surface area contributed by atoms with E-state index in [9.17, 15) is 14.0 Å². The number of rotatable bonds is 4. The third kappa shape index (κ3) is 3.49. The molecule has 8 nitrogen and oxygen atoms in total. The predicted molar refractivity (Wildman–Crippen MR) is 111 cm³/mol. The lowest BCUT2D eigenvalue weighted by Crippen LogP contribution is -2.18. The fourth-order valence-corrected chi connectivity index (χ4v) is 3.61. The number of carbonyl (C=O) groups excluding carboxylic acids is 1. The van der Waals surface area contributed by atoms with Crippen LogP contribution in [0.3, 0.4) is 0 Å². The summed E-state index contributed by atoms with van der Waals surface area (Å²) in [5.74, 6) is -0.797. The van der Waals surface area contributed by atoms with Crippen LogP contribution in [0.2, 0.25) is 0 Å². The SMILES string of the molecule is Cc1cc(C)n(-c2ccc(NC(=O)Cc3c(C)nc4cc(=O)[nH]n4c3C)cc2F)n1. The molecule has 4 rings (SSSR count). The highest BCUT2D eigenvalue weighted by Crippen LogP contribution is 2.21. The number of benzene rings is 1. The molecule has 0 spiro atoms. The minimum Gasteiger partial charge on any atom is -0.326 e. The Balaban J connectivity index is 1.56. The summed E-state index contributed by atoms with van der Waals surface area (Å²) in [5.41, 5.74) is 4.61. The van der Waals surface area contributed by atoms with Crippen molar-refractivity contribution in [1.29, 1.82) is 0 Å². The van der Waals surface area contributed by atoms with Crippen LogP contribution in [0.1, 0.15) is 28.3 Å². The number of carbonyl (C=O) groups is 1. The molecule has 0 saturated carbocycles. The standard InChI is InChI=1S/C21H21FN6O2/c1-11-7-12(2)27(25-11)18-6-5-15(8-17(18)22)24-20(29)9-16-13(3)23-19-10-21(30)26-28(19)14(16)4/h5-8,10H,9H2,1-4H3,(H,24,29)(H,26,30). The van der Waals surface area contributed by atoms with Gasteiger partial charge in [-0.25, -0.2) is 18.6 Å². The molecular formula is C21H21FN6O2. The van der Waals surface area contributed by atoms with E-state index < -0.39 is 5.82 Å². The normalized spacial score (nSPS) is 11.2. The molecule has 3 heterocycles. The van der Waals surface area contributed by atoms with Crippen molar-refractivity contribution >= 4 is 17.2 Å². The molecule has 0 aliphatic heterocycles. The molecule has 0 atom stereocenters. The summed E-state index contributed by atoms with van der Waals surface area (Å²) in [6.07, 6.45) is 0.0433. The van der Waals surface area contributed by atoms with Crippen molar-refractivity contribution in [2.24, 2.45) is 0 Å². The molecule has 30 heavy (non-hydrogen) atoms. The third-order valence-electron chi connectivity index (χ3n) is 5.01. The molecule has 2 N–H and O–H groups in total. The number of halogens is 1. The number of hydrogen-bond acceptors (Lipinski definition) is 4. The van der Waals surface area contributed by atoms with Crippen LogP contribution in [-0.4, -0.2) is 30.3 Å². The van der Waals surface area contributed by atoms with E-state index in [2.05, 4.69) is 20.5 Å². The summed E-state index contributed by atoms with van der Waals surface area (Å²) in [5, 5.41) is 9.67. The molecule has 0 aliphatic rings. The first kappa shape index (κ1) is 19.6. The van der Waals surface area contributed by atoms with Gasteiger partial charge in [0.25, 0.3) is 5.56 Å². The van der Waals surface area contributed by atoms with E-state index in [1.807, 2.05) is 26.8 Å². The number of H-pyrrole nitrogens is 1. The third-order valence-corrected chi connectivity index (χ3v) is 5.01. The van der Waals surface area contributed by atoms with Gasteiger partial charge in [-0.15, -0.1) is 0 Å². The molecule has 9 heteroatoms. The van der Waals surface area contributed by atoms with E-state index in [1.165, 1.54) is 16.8 Å². The van der Waals surface area contributed by atoms with Crippen LogP contribution < -0.4 is 10.9 Å². The van der Waals surface area contributed by atoms with Gasteiger partial charge in [0.2, 0.25) is 5.91 Å². The summed E-state index contributed by atoms with van der Waals surface area (Å²) in [6.45, 7) is 7.29. The van der Waals surface area contributed by atoms with E-state index >= 15 is 0 Å². The van der Waals surface area contributed by atoms with Gasteiger partial charge in [-0.2, -0.15) is 5.10 Å². The van der Waals surface area contributed by atoms with Crippen molar-refractivity contribution in [3.63, 3.8) is 0 Å². The fourth-order valence-electron chi connectivity index (χ4n) is 3.61. The van der Waals surface area contributed by atoms with Gasteiger partial charge in [0.05, 0.1) is 12.1 Å². The Labute approximate surface area is 171 Å². The zero-order valence-electron chi connectivity index (χ0n) is 17.1. The average molecular weight is 408 g/mol. The fraction of sp³-hybridized carbons (Fsp3) is 0.238. The Morgan fingerprint density at radius 2 is 1.93 bits per heavy atom. The van der Waals surface area contributed by atoms with Crippen LogP contribution in [0.4, 0.5) is 10.1 Å². The highest BCUT2D eigenvalue weighted by atomic mass is 19.1. The lowest BCUT2D eigenvalue weighted by molar-refractivity contribution is -0.115. The van der Waals surface area contributed by atoms with Crippen molar-refractivity contribution in [3.8, 4) is 5.69 Å². The number of nitrogens with zero attached hydrogens (tertiary/aromatic N) is 4. The number of fused-ring (bicyclic) bond motifs is 1. The molecule has 154 valence electrons. The average Bonchev–Trinajstić information content (AvgIpc) is 3.19. The van der Waals surface area contributed by atoms with E-state index in [0.717, 1.165) is 17.1 Å². The Morgan fingerprint density at radius 3 is 2.60 bits per heavy atom. The molecule has 1 amide bonds. The van der Waals surface area contributed by atoms with Crippen LogP contribution in [0.15, 0.2) is 35.1 Å². The number of amides is 1. The van der Waals surface area contributed by atoms with Crippen LogP contribution in [0.5, 0.6) is 0 Å². The van der Waals surface area contributed by atoms with Gasteiger partial charge in [0.1, 0.15) is 5.69 Å².